The van der Waals surface area contributed by atoms with Crippen LogP contribution in [0.4, 0.5) is 0 Å². The van der Waals surface area contributed by atoms with E-state index < -0.39 is 11.8 Å². The summed E-state index contributed by atoms with van der Waals surface area (Å²) in [7, 11) is 0. The third kappa shape index (κ3) is 7.17. The van der Waals surface area contributed by atoms with Crippen molar-refractivity contribution < 1.29 is 30.0 Å². The van der Waals surface area contributed by atoms with E-state index in [-0.39, 0.29) is 34.1 Å². The van der Waals surface area contributed by atoms with Crippen LogP contribution in [0.2, 0.25) is 0 Å². The van der Waals surface area contributed by atoms with Crippen LogP contribution in [0.15, 0.2) is 36.4 Å². The molecule has 0 bridgehead atoms. The monoisotopic (exact) mass is 417 g/mol. The van der Waals surface area contributed by atoms with Gasteiger partial charge >= 0.3 is 0 Å². The molecule has 0 aliphatic carbocycles. The Morgan fingerprint density at radius 2 is 1.07 bits per heavy atom. The molecule has 0 saturated carbocycles. The van der Waals surface area contributed by atoms with Crippen molar-refractivity contribution in [3.8, 4) is 23.0 Å². The molecule has 0 spiro atoms. The Morgan fingerprint density at radius 1 is 0.633 bits per heavy atom. The highest BCUT2D eigenvalue weighted by atomic mass is 16.3. The Balaban J connectivity index is 1.51. The summed E-state index contributed by atoms with van der Waals surface area (Å²) in [5, 5.41) is 46.6. The molecular formula is C21H27N3O6. The van der Waals surface area contributed by atoms with Crippen molar-refractivity contribution in [2.45, 2.75) is 19.3 Å². The van der Waals surface area contributed by atoms with Crippen LogP contribution in [0.1, 0.15) is 40.0 Å². The zero-order valence-electron chi connectivity index (χ0n) is 16.5. The van der Waals surface area contributed by atoms with Crippen molar-refractivity contribution in [3.05, 3.63) is 47.5 Å². The van der Waals surface area contributed by atoms with Gasteiger partial charge in [-0.3, -0.25) is 9.59 Å². The molecule has 0 aliphatic rings. The van der Waals surface area contributed by atoms with Crippen LogP contribution in [0.5, 0.6) is 23.0 Å². The predicted octanol–water partition coefficient (Wildman–Crippen LogP) is 1.43. The standard InChI is InChI=1S/C21H27N3O6/c25-14-4-6-18(27)16(12-14)20(29)23-10-2-1-8-22-9-3-11-24-21(30)17-13-15(26)5-7-19(17)28/h4-7,12-13,22,25-28H,1-3,8-11H2,(H,23,29)(H,24,30). The molecule has 7 N–H and O–H groups in total. The second kappa shape index (κ2) is 11.5. The highest BCUT2D eigenvalue weighted by molar-refractivity contribution is 5.97. The molecule has 2 aromatic carbocycles. The lowest BCUT2D eigenvalue weighted by molar-refractivity contribution is 0.0941. The molecule has 0 saturated heterocycles. The third-order valence-electron chi connectivity index (χ3n) is 4.33. The minimum atomic E-state index is -0.447. The number of aromatic hydroxyl groups is 4. The average molecular weight is 417 g/mol. The Kier molecular flexibility index (Phi) is 8.76. The molecule has 2 aromatic rings. The number of phenols is 4. The van der Waals surface area contributed by atoms with E-state index in [0.717, 1.165) is 19.4 Å². The third-order valence-corrected chi connectivity index (χ3v) is 4.33. The molecule has 2 rings (SSSR count). The summed E-state index contributed by atoms with van der Waals surface area (Å²) >= 11 is 0. The van der Waals surface area contributed by atoms with Crippen molar-refractivity contribution in [2.24, 2.45) is 0 Å². The van der Waals surface area contributed by atoms with Crippen LogP contribution < -0.4 is 16.0 Å². The van der Waals surface area contributed by atoms with Crippen LogP contribution in [0.25, 0.3) is 0 Å². The van der Waals surface area contributed by atoms with Crippen LogP contribution in [-0.4, -0.2) is 58.4 Å². The van der Waals surface area contributed by atoms with Crippen LogP contribution in [0.3, 0.4) is 0 Å². The number of phenolic OH excluding ortho intramolecular Hbond substituents is 4. The normalized spacial score (nSPS) is 10.5. The van der Waals surface area contributed by atoms with E-state index in [4.69, 9.17) is 0 Å². The summed E-state index contributed by atoms with van der Waals surface area (Å²) in [6.45, 7) is 2.30. The highest BCUT2D eigenvalue weighted by Gasteiger charge is 2.12. The molecule has 0 fully saturated rings. The van der Waals surface area contributed by atoms with Gasteiger partial charge in [-0.25, -0.2) is 0 Å². The van der Waals surface area contributed by atoms with Crippen LogP contribution >= 0.6 is 0 Å². The second-order valence-electron chi connectivity index (χ2n) is 6.73. The molecule has 2 amide bonds. The lowest BCUT2D eigenvalue weighted by Gasteiger charge is -2.09. The number of rotatable bonds is 11. The fourth-order valence-corrected chi connectivity index (χ4v) is 2.72. The fraction of sp³-hybridized carbons (Fsp3) is 0.333. The van der Waals surface area contributed by atoms with Gasteiger partial charge in [0.1, 0.15) is 23.0 Å². The highest BCUT2D eigenvalue weighted by Crippen LogP contribution is 2.22. The number of unbranched alkanes of at least 4 members (excludes halogenated alkanes) is 1. The number of benzene rings is 2. The lowest BCUT2D eigenvalue weighted by atomic mass is 10.1. The number of nitrogens with one attached hydrogen (secondary N) is 3. The molecule has 9 nitrogen and oxygen atoms in total. The number of amides is 2. The van der Waals surface area contributed by atoms with Crippen LogP contribution in [-0.2, 0) is 0 Å². The van der Waals surface area contributed by atoms with Gasteiger partial charge in [-0.2, -0.15) is 0 Å². The molecule has 0 heterocycles. The smallest absolute Gasteiger partial charge is 0.255 e. The number of carbonyl (C=O) groups excluding carboxylic acids is 2. The maximum atomic E-state index is 12.0. The van der Waals surface area contributed by atoms with Gasteiger partial charge in [0.05, 0.1) is 11.1 Å². The van der Waals surface area contributed by atoms with E-state index in [1.54, 1.807) is 0 Å². The van der Waals surface area contributed by atoms with Gasteiger partial charge in [-0.1, -0.05) is 0 Å². The van der Waals surface area contributed by atoms with Crippen LogP contribution in [0, 0.1) is 0 Å². The first-order chi connectivity index (χ1) is 14.4. The summed E-state index contributed by atoms with van der Waals surface area (Å²) in [6, 6.07) is 7.57. The number of hydrogen-bond donors (Lipinski definition) is 7. The maximum Gasteiger partial charge on any atom is 0.255 e. The molecule has 0 atom stereocenters. The largest absolute Gasteiger partial charge is 0.508 e. The van der Waals surface area contributed by atoms with E-state index in [2.05, 4.69) is 16.0 Å². The summed E-state index contributed by atoms with van der Waals surface area (Å²) in [4.78, 5) is 23.9. The number of carbonyl (C=O) groups is 2. The van der Waals surface area contributed by atoms with Gasteiger partial charge in [0.2, 0.25) is 0 Å². The van der Waals surface area contributed by atoms with E-state index >= 15 is 0 Å². The SMILES string of the molecule is O=C(NCCCCNCCCNC(=O)c1cc(O)ccc1O)c1cc(O)ccc1O. The minimum Gasteiger partial charge on any atom is -0.508 e. The Labute approximate surface area is 174 Å². The topological polar surface area (TPSA) is 151 Å². The Morgan fingerprint density at radius 3 is 1.60 bits per heavy atom. The van der Waals surface area contributed by atoms with Gasteiger partial charge in [-0.15, -0.1) is 0 Å². The molecule has 30 heavy (non-hydrogen) atoms. The number of hydrogen-bond acceptors (Lipinski definition) is 7. The quantitative estimate of drug-likeness (QED) is 0.216. The Hall–Kier alpha value is -3.46. The van der Waals surface area contributed by atoms with E-state index in [0.29, 0.717) is 26.1 Å². The summed E-state index contributed by atoms with van der Waals surface area (Å²) in [6.07, 6.45) is 2.26. The van der Waals surface area contributed by atoms with Crippen molar-refractivity contribution in [2.75, 3.05) is 26.2 Å². The fourth-order valence-electron chi connectivity index (χ4n) is 2.72. The van der Waals surface area contributed by atoms with Gasteiger partial charge < -0.3 is 36.4 Å². The summed E-state index contributed by atoms with van der Waals surface area (Å²) < 4.78 is 0. The van der Waals surface area contributed by atoms with Gasteiger partial charge in [-0.05, 0) is 68.8 Å². The molecule has 0 aromatic heterocycles. The first-order valence-corrected chi connectivity index (χ1v) is 9.69. The lowest BCUT2D eigenvalue weighted by Crippen LogP contribution is -2.28. The van der Waals surface area contributed by atoms with E-state index in [1.807, 2.05) is 0 Å². The zero-order chi connectivity index (χ0) is 21.9. The van der Waals surface area contributed by atoms with Crippen molar-refractivity contribution >= 4 is 11.8 Å². The predicted molar refractivity (Wildman–Crippen MR) is 111 cm³/mol. The van der Waals surface area contributed by atoms with Gasteiger partial charge in [0.15, 0.2) is 0 Å². The first-order valence-electron chi connectivity index (χ1n) is 9.69. The Bertz CT molecular complexity index is 800. The van der Waals surface area contributed by atoms with Crippen molar-refractivity contribution in [1.29, 1.82) is 0 Å². The van der Waals surface area contributed by atoms with Crippen molar-refractivity contribution in [1.82, 2.24) is 16.0 Å². The molecule has 0 aliphatic heterocycles. The minimum absolute atomic E-state index is 0.0315. The molecule has 9 heteroatoms. The maximum absolute atomic E-state index is 12.0. The first kappa shape index (κ1) is 22.8. The molecular weight excluding hydrogens is 390 g/mol. The van der Waals surface area contributed by atoms with E-state index in [1.165, 1.54) is 36.4 Å². The summed E-state index contributed by atoms with van der Waals surface area (Å²) in [5.41, 5.74) is 0.0678. The van der Waals surface area contributed by atoms with Gasteiger partial charge in [0.25, 0.3) is 11.8 Å². The van der Waals surface area contributed by atoms with Crippen molar-refractivity contribution in [3.63, 3.8) is 0 Å². The molecule has 162 valence electrons. The van der Waals surface area contributed by atoms with Gasteiger partial charge in [0, 0.05) is 13.1 Å². The summed E-state index contributed by atoms with van der Waals surface area (Å²) in [5.74, 6) is -1.43. The average Bonchev–Trinajstić information content (AvgIpc) is 2.72. The zero-order valence-corrected chi connectivity index (χ0v) is 16.5. The second-order valence-corrected chi connectivity index (χ2v) is 6.73. The van der Waals surface area contributed by atoms with E-state index in [9.17, 15) is 30.0 Å². The molecule has 0 radical (unpaired) electrons. The molecule has 0 unspecified atom stereocenters.